The summed E-state index contributed by atoms with van der Waals surface area (Å²) in [7, 11) is 0. The van der Waals surface area contributed by atoms with Crippen LogP contribution in [0.25, 0.3) is 16.0 Å². The third-order valence-corrected chi connectivity index (χ3v) is 3.53. The van der Waals surface area contributed by atoms with Crippen molar-refractivity contribution in [1.29, 1.82) is 0 Å². The molecular weight excluding hydrogens is 234 g/mol. The van der Waals surface area contributed by atoms with Crippen LogP contribution in [-0.2, 0) is 0 Å². The van der Waals surface area contributed by atoms with E-state index in [9.17, 15) is 0 Å². The summed E-state index contributed by atoms with van der Waals surface area (Å²) >= 11 is 1.68. The van der Waals surface area contributed by atoms with Crippen LogP contribution >= 0.6 is 11.3 Å². The lowest BCUT2D eigenvalue weighted by Gasteiger charge is -2.07. The molecule has 0 spiro atoms. The number of anilines is 1. The van der Waals surface area contributed by atoms with Crippen molar-refractivity contribution in [3.8, 4) is 0 Å². The van der Waals surface area contributed by atoms with Gasteiger partial charge in [-0.1, -0.05) is 0 Å². The second kappa shape index (κ2) is 3.97. The third-order valence-electron chi connectivity index (χ3n) is 2.65. The molecule has 3 N–H and O–H groups in total. The minimum Gasteiger partial charge on any atom is -0.366 e. The molecule has 0 bridgehead atoms. The monoisotopic (exact) mass is 247 g/mol. The normalized spacial score (nSPS) is 11.4. The first-order chi connectivity index (χ1) is 8.31. The molecule has 88 valence electrons. The molecule has 3 aromatic heterocycles. The fourth-order valence-corrected chi connectivity index (χ4v) is 2.78. The summed E-state index contributed by atoms with van der Waals surface area (Å²) in [5, 5.41) is 5.26. The smallest absolute Gasteiger partial charge is 0.181 e. The highest BCUT2D eigenvalue weighted by atomic mass is 32.1. The van der Waals surface area contributed by atoms with Crippen molar-refractivity contribution < 1.29 is 0 Å². The van der Waals surface area contributed by atoms with E-state index in [4.69, 9.17) is 5.73 Å². The van der Waals surface area contributed by atoms with Gasteiger partial charge in [0.1, 0.15) is 10.3 Å². The summed E-state index contributed by atoms with van der Waals surface area (Å²) in [4.78, 5) is 10.1. The van der Waals surface area contributed by atoms with Gasteiger partial charge in [-0.05, 0) is 18.4 Å². The first kappa shape index (κ1) is 10.5. The maximum atomic E-state index is 5.50. The molecule has 3 aromatic rings. The van der Waals surface area contributed by atoms with Gasteiger partial charge in [-0.25, -0.2) is 9.97 Å². The van der Waals surface area contributed by atoms with Crippen molar-refractivity contribution in [3.63, 3.8) is 0 Å². The zero-order valence-corrected chi connectivity index (χ0v) is 10.3. The molecule has 6 heteroatoms. The standard InChI is InChI=1S/C11H13N5S/c1-7-6-14-10-9(13-4-3-12)15-8-2-5-17-11(8)16(7)10/h2,5-6H,3-4,12H2,1H3,(H,13,15). The Labute approximate surface area is 102 Å². The summed E-state index contributed by atoms with van der Waals surface area (Å²) in [6, 6.07) is 2.02. The lowest BCUT2D eigenvalue weighted by atomic mass is 10.4. The van der Waals surface area contributed by atoms with Gasteiger partial charge in [-0.3, -0.25) is 4.40 Å². The van der Waals surface area contributed by atoms with E-state index in [2.05, 4.69) is 19.7 Å². The fourth-order valence-electron chi connectivity index (χ4n) is 1.89. The van der Waals surface area contributed by atoms with Crippen LogP contribution in [0, 0.1) is 6.92 Å². The van der Waals surface area contributed by atoms with Crippen molar-refractivity contribution in [1.82, 2.24) is 14.4 Å². The average molecular weight is 247 g/mol. The second-order valence-electron chi connectivity index (χ2n) is 3.85. The lowest BCUT2D eigenvalue weighted by molar-refractivity contribution is 1.01. The zero-order valence-electron chi connectivity index (χ0n) is 9.47. The Morgan fingerprint density at radius 1 is 1.53 bits per heavy atom. The van der Waals surface area contributed by atoms with E-state index in [0.29, 0.717) is 13.1 Å². The number of nitrogens with zero attached hydrogens (tertiary/aromatic N) is 3. The number of aromatic nitrogens is 3. The van der Waals surface area contributed by atoms with Crippen molar-refractivity contribution in [2.75, 3.05) is 18.4 Å². The maximum Gasteiger partial charge on any atom is 0.181 e. The SMILES string of the molecule is Cc1cnc2c(NCCN)nc3ccsc3n12. The number of fused-ring (bicyclic) bond motifs is 3. The molecule has 0 fully saturated rings. The Balaban J connectivity index is 2.31. The number of imidazole rings is 1. The first-order valence-electron chi connectivity index (χ1n) is 5.46. The summed E-state index contributed by atoms with van der Waals surface area (Å²) in [6.45, 7) is 3.32. The largest absolute Gasteiger partial charge is 0.366 e. The van der Waals surface area contributed by atoms with E-state index in [1.807, 2.05) is 24.6 Å². The number of rotatable bonds is 3. The third kappa shape index (κ3) is 1.57. The van der Waals surface area contributed by atoms with Crippen LogP contribution < -0.4 is 11.1 Å². The molecule has 0 aromatic carbocycles. The summed E-state index contributed by atoms with van der Waals surface area (Å²) in [5.41, 5.74) is 8.47. The number of nitrogens with two attached hydrogens (primary N) is 1. The van der Waals surface area contributed by atoms with Crippen LogP contribution in [-0.4, -0.2) is 27.5 Å². The Hall–Kier alpha value is -1.66. The van der Waals surface area contributed by atoms with Crippen molar-refractivity contribution in [3.05, 3.63) is 23.3 Å². The number of hydrogen-bond acceptors (Lipinski definition) is 5. The van der Waals surface area contributed by atoms with Crippen molar-refractivity contribution in [2.24, 2.45) is 5.73 Å². The Bertz CT molecular complexity index is 669. The highest BCUT2D eigenvalue weighted by Gasteiger charge is 2.11. The molecule has 0 aliphatic rings. The number of hydrogen-bond donors (Lipinski definition) is 2. The quantitative estimate of drug-likeness (QED) is 0.738. The molecular formula is C11H13N5S. The van der Waals surface area contributed by atoms with Gasteiger partial charge in [0, 0.05) is 25.0 Å². The van der Waals surface area contributed by atoms with E-state index >= 15 is 0 Å². The van der Waals surface area contributed by atoms with Crippen LogP contribution in [0.2, 0.25) is 0 Å². The van der Waals surface area contributed by atoms with Gasteiger partial charge < -0.3 is 11.1 Å². The van der Waals surface area contributed by atoms with E-state index < -0.39 is 0 Å². The van der Waals surface area contributed by atoms with Crippen molar-refractivity contribution in [2.45, 2.75) is 6.92 Å². The summed E-state index contributed by atoms with van der Waals surface area (Å²) in [6.07, 6.45) is 1.86. The molecule has 0 saturated heterocycles. The molecule has 17 heavy (non-hydrogen) atoms. The highest BCUT2D eigenvalue weighted by Crippen LogP contribution is 2.25. The van der Waals surface area contributed by atoms with Gasteiger partial charge in [0.25, 0.3) is 0 Å². The van der Waals surface area contributed by atoms with Crippen LogP contribution in [0.3, 0.4) is 0 Å². The fraction of sp³-hybridized carbons (Fsp3) is 0.273. The van der Waals surface area contributed by atoms with E-state index in [1.165, 1.54) is 0 Å². The molecule has 0 saturated carbocycles. The molecule has 0 radical (unpaired) electrons. The minimum atomic E-state index is 0.579. The van der Waals surface area contributed by atoms with E-state index in [0.717, 1.165) is 27.5 Å². The molecule has 3 rings (SSSR count). The molecule has 0 atom stereocenters. The molecule has 0 aliphatic heterocycles. The molecule has 0 amide bonds. The Kier molecular flexibility index (Phi) is 2.45. The van der Waals surface area contributed by atoms with Gasteiger partial charge in [0.15, 0.2) is 11.5 Å². The predicted molar refractivity (Wildman–Crippen MR) is 70.7 cm³/mol. The van der Waals surface area contributed by atoms with Gasteiger partial charge in [-0.2, -0.15) is 0 Å². The van der Waals surface area contributed by atoms with Gasteiger partial charge in [0.2, 0.25) is 0 Å². The molecule has 0 unspecified atom stereocenters. The Morgan fingerprint density at radius 2 is 2.41 bits per heavy atom. The Morgan fingerprint density at radius 3 is 3.24 bits per heavy atom. The maximum absolute atomic E-state index is 5.50. The van der Waals surface area contributed by atoms with Gasteiger partial charge >= 0.3 is 0 Å². The number of aryl methyl sites for hydroxylation is 1. The predicted octanol–water partition coefficient (Wildman–Crippen LogP) is 1.62. The second-order valence-corrected chi connectivity index (χ2v) is 4.74. The van der Waals surface area contributed by atoms with Crippen LogP contribution in [0.1, 0.15) is 5.69 Å². The number of nitrogens with one attached hydrogen (secondary N) is 1. The summed E-state index contributed by atoms with van der Waals surface area (Å²) < 4.78 is 2.13. The van der Waals surface area contributed by atoms with Crippen LogP contribution in [0.4, 0.5) is 5.82 Å². The molecule has 3 heterocycles. The van der Waals surface area contributed by atoms with Gasteiger partial charge in [-0.15, -0.1) is 11.3 Å². The zero-order chi connectivity index (χ0) is 11.8. The van der Waals surface area contributed by atoms with E-state index in [1.54, 1.807) is 11.3 Å². The van der Waals surface area contributed by atoms with Crippen molar-refractivity contribution >= 4 is 33.1 Å². The number of thiophene rings is 1. The minimum absolute atomic E-state index is 0.579. The lowest BCUT2D eigenvalue weighted by Crippen LogP contribution is -2.14. The molecule has 5 nitrogen and oxygen atoms in total. The van der Waals surface area contributed by atoms with E-state index in [-0.39, 0.29) is 0 Å². The van der Waals surface area contributed by atoms with Crippen LogP contribution in [0.15, 0.2) is 17.6 Å². The summed E-state index contributed by atoms with van der Waals surface area (Å²) in [5.74, 6) is 0.800. The first-order valence-corrected chi connectivity index (χ1v) is 6.34. The average Bonchev–Trinajstić information content (AvgIpc) is 2.92. The van der Waals surface area contributed by atoms with Gasteiger partial charge in [0.05, 0.1) is 0 Å². The topological polar surface area (TPSA) is 68.2 Å². The van der Waals surface area contributed by atoms with Crippen LogP contribution in [0.5, 0.6) is 0 Å². The molecule has 0 aliphatic carbocycles. The highest BCUT2D eigenvalue weighted by molar-refractivity contribution is 7.16.